The predicted octanol–water partition coefficient (Wildman–Crippen LogP) is 3.49. The van der Waals surface area contributed by atoms with Gasteiger partial charge >= 0.3 is 0 Å². The van der Waals surface area contributed by atoms with Crippen molar-refractivity contribution in [3.8, 4) is 5.75 Å². The van der Waals surface area contributed by atoms with Crippen LogP contribution < -0.4 is 4.74 Å². The third kappa shape index (κ3) is 6.85. The van der Waals surface area contributed by atoms with Crippen LogP contribution in [0.4, 0.5) is 0 Å². The van der Waals surface area contributed by atoms with Crippen molar-refractivity contribution in [2.24, 2.45) is 0 Å². The highest BCUT2D eigenvalue weighted by Crippen LogP contribution is 2.19. The van der Waals surface area contributed by atoms with Gasteiger partial charge in [0.15, 0.2) is 6.61 Å². The summed E-state index contributed by atoms with van der Waals surface area (Å²) < 4.78 is 16.8. The average Bonchev–Trinajstić information content (AvgIpc) is 3.44. The zero-order chi connectivity index (χ0) is 22.3. The van der Waals surface area contributed by atoms with Gasteiger partial charge in [0.2, 0.25) is 5.91 Å². The Kier molecular flexibility index (Phi) is 7.74. The molecule has 1 aromatic carbocycles. The summed E-state index contributed by atoms with van der Waals surface area (Å²) in [5.41, 5.74) is -0.535. The van der Waals surface area contributed by atoms with Gasteiger partial charge in [0.25, 0.3) is 5.91 Å². The third-order valence-corrected chi connectivity index (χ3v) is 5.24. The van der Waals surface area contributed by atoms with Crippen LogP contribution in [-0.2, 0) is 20.9 Å². The maximum atomic E-state index is 13.3. The molecule has 0 radical (unpaired) electrons. The van der Waals surface area contributed by atoms with Gasteiger partial charge in [-0.05, 0) is 57.9 Å². The Labute approximate surface area is 183 Å². The summed E-state index contributed by atoms with van der Waals surface area (Å²) in [5.74, 6) is 0.941. The highest BCUT2D eigenvalue weighted by atomic mass is 16.5. The van der Waals surface area contributed by atoms with E-state index in [0.717, 1.165) is 19.4 Å². The SMILES string of the molecule is CC(C)(C)N(CC(=O)N(Cc1ccco1)CC1CCCO1)C(=O)COc1ccccc1. The molecular weight excluding hydrogens is 396 g/mol. The molecule has 2 aromatic rings. The Balaban J connectivity index is 1.67. The Morgan fingerprint density at radius 2 is 1.87 bits per heavy atom. The van der Waals surface area contributed by atoms with Gasteiger partial charge in [-0.1, -0.05) is 18.2 Å². The maximum absolute atomic E-state index is 13.3. The lowest BCUT2D eigenvalue weighted by Crippen LogP contribution is -2.53. The molecule has 1 aliphatic heterocycles. The van der Waals surface area contributed by atoms with E-state index in [2.05, 4.69) is 0 Å². The van der Waals surface area contributed by atoms with Gasteiger partial charge in [0, 0.05) is 18.7 Å². The van der Waals surface area contributed by atoms with Crippen LogP contribution in [0.15, 0.2) is 53.1 Å². The van der Waals surface area contributed by atoms with Crippen LogP contribution in [0, 0.1) is 0 Å². The van der Waals surface area contributed by atoms with Crippen molar-refractivity contribution in [3.63, 3.8) is 0 Å². The number of hydrogen-bond acceptors (Lipinski definition) is 5. The Morgan fingerprint density at radius 1 is 1.10 bits per heavy atom. The van der Waals surface area contributed by atoms with Gasteiger partial charge < -0.3 is 23.7 Å². The number of amides is 2. The second-order valence-corrected chi connectivity index (χ2v) is 8.74. The standard InChI is InChI=1S/C24H32N2O5/c1-24(2,3)26(23(28)18-31-19-9-5-4-6-10-19)17-22(27)25(15-20-11-7-13-29-20)16-21-12-8-14-30-21/h4-7,9-11,13,21H,8,12,14-18H2,1-3H3. The molecule has 1 fully saturated rings. The smallest absolute Gasteiger partial charge is 0.261 e. The second kappa shape index (κ2) is 10.5. The summed E-state index contributed by atoms with van der Waals surface area (Å²) in [7, 11) is 0. The number of carbonyl (C=O) groups is 2. The Hall–Kier alpha value is -2.80. The molecule has 1 aliphatic rings. The van der Waals surface area contributed by atoms with Crippen LogP contribution in [-0.4, -0.2) is 59.6 Å². The van der Waals surface area contributed by atoms with E-state index < -0.39 is 5.54 Å². The zero-order valence-electron chi connectivity index (χ0n) is 18.6. The van der Waals surface area contributed by atoms with Crippen LogP contribution >= 0.6 is 0 Å². The van der Waals surface area contributed by atoms with E-state index >= 15 is 0 Å². The number of ether oxygens (including phenoxy) is 2. The van der Waals surface area contributed by atoms with E-state index in [1.54, 1.807) is 34.3 Å². The van der Waals surface area contributed by atoms with Crippen LogP contribution in [0.2, 0.25) is 0 Å². The lowest BCUT2D eigenvalue weighted by Gasteiger charge is -2.37. The number of para-hydroxylation sites is 1. The van der Waals surface area contributed by atoms with Crippen molar-refractivity contribution in [3.05, 3.63) is 54.5 Å². The second-order valence-electron chi connectivity index (χ2n) is 8.74. The normalized spacial score (nSPS) is 16.2. The van der Waals surface area contributed by atoms with Crippen molar-refractivity contribution in [2.75, 3.05) is 26.3 Å². The molecule has 2 heterocycles. The van der Waals surface area contributed by atoms with E-state index in [1.807, 2.05) is 45.0 Å². The number of rotatable bonds is 9. The highest BCUT2D eigenvalue weighted by molar-refractivity contribution is 5.86. The molecule has 0 aliphatic carbocycles. The first-order chi connectivity index (χ1) is 14.8. The van der Waals surface area contributed by atoms with E-state index in [-0.39, 0.29) is 31.1 Å². The highest BCUT2D eigenvalue weighted by Gasteiger charge is 2.32. The lowest BCUT2D eigenvalue weighted by molar-refractivity contribution is -0.147. The average molecular weight is 429 g/mol. The maximum Gasteiger partial charge on any atom is 0.261 e. The minimum Gasteiger partial charge on any atom is -0.484 e. The summed E-state index contributed by atoms with van der Waals surface area (Å²) >= 11 is 0. The van der Waals surface area contributed by atoms with Crippen LogP contribution in [0.5, 0.6) is 5.75 Å². The molecule has 0 saturated carbocycles. The quantitative estimate of drug-likeness (QED) is 0.611. The molecule has 7 heteroatoms. The number of carbonyl (C=O) groups excluding carboxylic acids is 2. The first kappa shape index (κ1) is 22.9. The van der Waals surface area contributed by atoms with Gasteiger partial charge in [-0.3, -0.25) is 9.59 Å². The molecule has 0 bridgehead atoms. The fraction of sp³-hybridized carbons (Fsp3) is 0.500. The van der Waals surface area contributed by atoms with Gasteiger partial charge in [-0.25, -0.2) is 0 Å². The van der Waals surface area contributed by atoms with E-state index in [9.17, 15) is 9.59 Å². The zero-order valence-corrected chi connectivity index (χ0v) is 18.6. The summed E-state index contributed by atoms with van der Waals surface area (Å²) in [5, 5.41) is 0. The van der Waals surface area contributed by atoms with Crippen LogP contribution in [0.1, 0.15) is 39.4 Å². The summed E-state index contributed by atoms with van der Waals surface area (Å²) in [4.78, 5) is 29.6. The first-order valence-corrected chi connectivity index (χ1v) is 10.7. The number of nitrogens with zero attached hydrogens (tertiary/aromatic N) is 2. The monoisotopic (exact) mass is 428 g/mol. The van der Waals surface area contributed by atoms with Crippen LogP contribution in [0.25, 0.3) is 0 Å². The summed E-state index contributed by atoms with van der Waals surface area (Å²) in [6, 6.07) is 12.8. The van der Waals surface area contributed by atoms with Gasteiger partial charge in [-0.15, -0.1) is 0 Å². The molecule has 1 atom stereocenters. The van der Waals surface area contributed by atoms with E-state index in [4.69, 9.17) is 13.9 Å². The third-order valence-electron chi connectivity index (χ3n) is 5.24. The van der Waals surface area contributed by atoms with Crippen molar-refractivity contribution in [1.82, 2.24) is 9.80 Å². The van der Waals surface area contributed by atoms with E-state index in [1.165, 1.54) is 0 Å². The minimum absolute atomic E-state index is 0.0131. The van der Waals surface area contributed by atoms with Crippen molar-refractivity contribution >= 4 is 11.8 Å². The van der Waals surface area contributed by atoms with Crippen LogP contribution in [0.3, 0.4) is 0 Å². The molecule has 2 amide bonds. The minimum atomic E-state index is -0.535. The van der Waals surface area contributed by atoms with Gasteiger partial charge in [0.1, 0.15) is 18.1 Å². The summed E-state index contributed by atoms with van der Waals surface area (Å²) in [6.45, 7) is 7.13. The molecule has 7 nitrogen and oxygen atoms in total. The Morgan fingerprint density at radius 3 is 2.48 bits per heavy atom. The molecule has 1 aromatic heterocycles. The number of benzene rings is 1. The molecule has 3 rings (SSSR count). The van der Waals surface area contributed by atoms with E-state index in [0.29, 0.717) is 24.6 Å². The Bertz CT molecular complexity index is 823. The first-order valence-electron chi connectivity index (χ1n) is 10.7. The van der Waals surface area contributed by atoms with Gasteiger partial charge in [-0.2, -0.15) is 0 Å². The predicted molar refractivity (Wildman–Crippen MR) is 117 cm³/mol. The van der Waals surface area contributed by atoms with Gasteiger partial charge in [0.05, 0.1) is 18.9 Å². The largest absolute Gasteiger partial charge is 0.484 e. The van der Waals surface area contributed by atoms with Crippen molar-refractivity contribution in [2.45, 2.75) is 51.8 Å². The lowest BCUT2D eigenvalue weighted by atomic mass is 10.1. The van der Waals surface area contributed by atoms with Crippen molar-refractivity contribution in [1.29, 1.82) is 0 Å². The fourth-order valence-electron chi connectivity index (χ4n) is 3.55. The molecular formula is C24H32N2O5. The molecule has 31 heavy (non-hydrogen) atoms. The molecule has 0 N–H and O–H groups in total. The molecule has 0 spiro atoms. The topological polar surface area (TPSA) is 72.2 Å². The summed E-state index contributed by atoms with van der Waals surface area (Å²) in [6.07, 6.45) is 3.53. The molecule has 1 saturated heterocycles. The fourth-order valence-corrected chi connectivity index (χ4v) is 3.55. The van der Waals surface area contributed by atoms with Crippen molar-refractivity contribution < 1.29 is 23.5 Å². The number of hydrogen-bond donors (Lipinski definition) is 0. The number of furan rings is 1. The molecule has 168 valence electrons. The molecule has 1 unspecified atom stereocenters.